The molecule has 1 aromatic carbocycles. The molecule has 0 saturated carbocycles. The average molecular weight is 429 g/mol. The summed E-state index contributed by atoms with van der Waals surface area (Å²) in [5, 5.41) is 11.8. The molecule has 8 heteroatoms. The van der Waals surface area contributed by atoms with Crippen LogP contribution in [0, 0.1) is 13.8 Å². The smallest absolute Gasteiger partial charge is 0.341 e. The van der Waals surface area contributed by atoms with Gasteiger partial charge in [0.15, 0.2) is 5.11 Å². The molecule has 0 aliphatic rings. The highest BCUT2D eigenvalue weighted by Gasteiger charge is 2.25. The van der Waals surface area contributed by atoms with Gasteiger partial charge in [-0.2, -0.15) is 5.10 Å². The Bertz CT molecular complexity index is 1020. The van der Waals surface area contributed by atoms with E-state index >= 15 is 0 Å². The second-order valence-corrected chi connectivity index (χ2v) is 8.02. The van der Waals surface area contributed by atoms with Crippen molar-refractivity contribution in [2.45, 2.75) is 34.2 Å². The molecule has 0 saturated heterocycles. The first-order valence-corrected chi connectivity index (χ1v) is 10.6. The lowest BCUT2D eigenvalue weighted by Gasteiger charge is -2.11. The van der Waals surface area contributed by atoms with E-state index in [0.717, 1.165) is 33.9 Å². The third-order valence-electron chi connectivity index (χ3n) is 4.37. The summed E-state index contributed by atoms with van der Waals surface area (Å²) < 4.78 is 7.17. The summed E-state index contributed by atoms with van der Waals surface area (Å²) in [5.41, 5.74) is 4.03. The molecule has 0 spiro atoms. The number of hydrogen-bond acceptors (Lipinski definition) is 5. The zero-order valence-electron chi connectivity index (χ0n) is 16.9. The molecule has 6 nitrogen and oxygen atoms in total. The Hall–Kier alpha value is -2.71. The summed E-state index contributed by atoms with van der Waals surface area (Å²) in [6, 6.07) is 9.83. The quantitative estimate of drug-likeness (QED) is 0.414. The van der Waals surface area contributed by atoms with Crippen LogP contribution in [0.25, 0.3) is 11.1 Å². The van der Waals surface area contributed by atoms with Crippen LogP contribution in [0.3, 0.4) is 0 Å². The molecule has 0 aliphatic heterocycles. The minimum atomic E-state index is -0.365. The number of anilines is 2. The molecular formula is C21H24N4O2S2. The number of ether oxygens (including phenoxy) is 1. The van der Waals surface area contributed by atoms with Gasteiger partial charge < -0.3 is 15.4 Å². The van der Waals surface area contributed by atoms with Crippen molar-refractivity contribution < 1.29 is 9.53 Å². The highest BCUT2D eigenvalue weighted by molar-refractivity contribution is 7.80. The minimum Gasteiger partial charge on any atom is -0.462 e. The molecule has 0 atom stereocenters. The summed E-state index contributed by atoms with van der Waals surface area (Å²) in [7, 11) is 0. The fourth-order valence-electron chi connectivity index (χ4n) is 3.04. The highest BCUT2D eigenvalue weighted by atomic mass is 32.1. The predicted molar refractivity (Wildman–Crippen MR) is 123 cm³/mol. The van der Waals surface area contributed by atoms with E-state index in [2.05, 4.69) is 15.7 Å². The van der Waals surface area contributed by atoms with Gasteiger partial charge in [-0.25, -0.2) is 4.79 Å². The van der Waals surface area contributed by atoms with Gasteiger partial charge in [0.25, 0.3) is 0 Å². The Balaban J connectivity index is 1.93. The van der Waals surface area contributed by atoms with Gasteiger partial charge in [-0.05, 0) is 45.5 Å². The number of rotatable bonds is 6. The number of hydrogen-bond donors (Lipinski definition) is 2. The second kappa shape index (κ2) is 9.19. The van der Waals surface area contributed by atoms with Crippen LogP contribution in [-0.4, -0.2) is 27.5 Å². The standard InChI is InChI=1S/C21H24N4O2S2/c1-5-25-12-16(13(3)24-25)22-21(28)23-19-18(20(26)27-6-2)17(14(4)29-19)15-10-8-7-9-11-15/h7-12H,5-6H2,1-4H3,(H2,22,23,28). The van der Waals surface area contributed by atoms with Crippen LogP contribution < -0.4 is 10.6 Å². The molecule has 2 heterocycles. The Morgan fingerprint density at radius 1 is 1.21 bits per heavy atom. The lowest BCUT2D eigenvalue weighted by molar-refractivity contribution is 0.0529. The van der Waals surface area contributed by atoms with Crippen LogP contribution in [0.1, 0.15) is 34.8 Å². The normalized spacial score (nSPS) is 10.6. The first-order valence-electron chi connectivity index (χ1n) is 9.42. The molecule has 152 valence electrons. The molecule has 0 fully saturated rings. The van der Waals surface area contributed by atoms with Gasteiger partial charge in [0.2, 0.25) is 0 Å². The van der Waals surface area contributed by atoms with Crippen molar-refractivity contribution in [3.8, 4) is 11.1 Å². The van der Waals surface area contributed by atoms with E-state index < -0.39 is 0 Å². The molecular weight excluding hydrogens is 404 g/mol. The Labute approximate surface area is 179 Å². The first-order chi connectivity index (χ1) is 13.9. The Morgan fingerprint density at radius 2 is 1.93 bits per heavy atom. The molecule has 0 amide bonds. The molecule has 29 heavy (non-hydrogen) atoms. The number of thiocarbonyl (C=S) groups is 1. The molecule has 3 aromatic rings. The van der Waals surface area contributed by atoms with Crippen LogP contribution in [0.2, 0.25) is 0 Å². The number of benzene rings is 1. The minimum absolute atomic E-state index is 0.305. The fraction of sp³-hybridized carbons (Fsp3) is 0.286. The number of aromatic nitrogens is 2. The molecule has 0 aliphatic carbocycles. The maximum atomic E-state index is 12.8. The van der Waals surface area contributed by atoms with E-state index in [4.69, 9.17) is 17.0 Å². The number of nitrogens with one attached hydrogen (secondary N) is 2. The summed E-state index contributed by atoms with van der Waals surface area (Å²) in [4.78, 5) is 13.8. The third kappa shape index (κ3) is 4.65. The average Bonchev–Trinajstić information content (AvgIpc) is 3.21. The van der Waals surface area contributed by atoms with Crippen molar-refractivity contribution in [1.82, 2.24) is 9.78 Å². The van der Waals surface area contributed by atoms with E-state index in [1.165, 1.54) is 11.3 Å². The largest absolute Gasteiger partial charge is 0.462 e. The number of carbonyl (C=O) groups is 1. The zero-order valence-corrected chi connectivity index (χ0v) is 18.5. The van der Waals surface area contributed by atoms with Crippen molar-refractivity contribution in [3.63, 3.8) is 0 Å². The summed E-state index contributed by atoms with van der Waals surface area (Å²) in [6.45, 7) is 8.82. The van der Waals surface area contributed by atoms with Gasteiger partial charge in [0.05, 0.1) is 18.0 Å². The van der Waals surface area contributed by atoms with Gasteiger partial charge in [0.1, 0.15) is 10.6 Å². The fourth-order valence-corrected chi connectivity index (χ4v) is 4.39. The number of thiophene rings is 1. The van der Waals surface area contributed by atoms with Gasteiger partial charge >= 0.3 is 5.97 Å². The first kappa shape index (κ1) is 21.0. The van der Waals surface area contributed by atoms with Crippen LogP contribution in [0.4, 0.5) is 10.7 Å². The van der Waals surface area contributed by atoms with Crippen molar-refractivity contribution in [3.05, 3.63) is 52.7 Å². The second-order valence-electron chi connectivity index (χ2n) is 6.39. The SMILES string of the molecule is CCOC(=O)c1c(NC(=S)Nc2cn(CC)nc2C)sc(C)c1-c1ccccc1. The predicted octanol–water partition coefficient (Wildman–Crippen LogP) is 5.23. The van der Waals surface area contributed by atoms with Crippen LogP contribution >= 0.6 is 23.6 Å². The van der Waals surface area contributed by atoms with Crippen molar-refractivity contribution in [2.24, 2.45) is 0 Å². The number of carbonyl (C=O) groups excluding carboxylic acids is 1. The Kier molecular flexibility index (Phi) is 6.66. The maximum absolute atomic E-state index is 12.8. The van der Waals surface area contributed by atoms with E-state index in [9.17, 15) is 4.79 Å². The van der Waals surface area contributed by atoms with Crippen LogP contribution in [0.15, 0.2) is 36.5 Å². The van der Waals surface area contributed by atoms with Crippen molar-refractivity contribution >= 4 is 45.3 Å². The van der Waals surface area contributed by atoms with E-state index in [1.807, 2.05) is 62.0 Å². The van der Waals surface area contributed by atoms with Crippen molar-refractivity contribution in [2.75, 3.05) is 17.2 Å². The van der Waals surface area contributed by atoms with Crippen molar-refractivity contribution in [1.29, 1.82) is 0 Å². The molecule has 2 aromatic heterocycles. The van der Waals surface area contributed by atoms with Gasteiger partial charge in [-0.3, -0.25) is 4.68 Å². The van der Waals surface area contributed by atoms with Gasteiger partial charge in [-0.15, -0.1) is 11.3 Å². The number of nitrogens with zero attached hydrogens (tertiary/aromatic N) is 2. The molecule has 2 N–H and O–H groups in total. The van der Waals surface area contributed by atoms with Gasteiger partial charge in [0, 0.05) is 23.2 Å². The lowest BCUT2D eigenvalue weighted by Crippen LogP contribution is -2.20. The molecule has 3 rings (SSSR count). The van der Waals surface area contributed by atoms with E-state index in [0.29, 0.717) is 22.3 Å². The summed E-state index contributed by atoms with van der Waals surface area (Å²) in [6.07, 6.45) is 1.91. The Morgan fingerprint density at radius 3 is 2.55 bits per heavy atom. The molecule has 0 unspecified atom stereocenters. The summed E-state index contributed by atoms with van der Waals surface area (Å²) in [5.74, 6) is -0.365. The van der Waals surface area contributed by atoms with Crippen LogP contribution in [-0.2, 0) is 11.3 Å². The monoisotopic (exact) mass is 428 g/mol. The summed E-state index contributed by atoms with van der Waals surface area (Å²) >= 11 is 6.98. The third-order valence-corrected chi connectivity index (χ3v) is 5.60. The number of esters is 1. The maximum Gasteiger partial charge on any atom is 0.341 e. The molecule has 0 bridgehead atoms. The zero-order chi connectivity index (χ0) is 21.0. The van der Waals surface area contributed by atoms with E-state index in [-0.39, 0.29) is 5.97 Å². The highest BCUT2D eigenvalue weighted by Crippen LogP contribution is 2.40. The van der Waals surface area contributed by atoms with Gasteiger partial charge in [-0.1, -0.05) is 30.3 Å². The number of aryl methyl sites for hydroxylation is 3. The van der Waals surface area contributed by atoms with Crippen LogP contribution in [0.5, 0.6) is 0 Å². The van der Waals surface area contributed by atoms with E-state index in [1.54, 1.807) is 6.92 Å². The lowest BCUT2D eigenvalue weighted by atomic mass is 10.0. The topological polar surface area (TPSA) is 68.2 Å². The molecule has 0 radical (unpaired) electrons.